The predicted octanol–water partition coefficient (Wildman–Crippen LogP) is -0.450. The van der Waals surface area contributed by atoms with Gasteiger partial charge in [0.1, 0.15) is 12.4 Å². The molecule has 0 aliphatic carbocycles. The molecule has 1 aliphatic heterocycles. The molecule has 3 rings (SSSR count). The lowest BCUT2D eigenvalue weighted by Crippen LogP contribution is -2.18. The Morgan fingerprint density at radius 2 is 2.32 bits per heavy atom. The van der Waals surface area contributed by atoms with Crippen molar-refractivity contribution in [2.45, 2.75) is 24.8 Å². The minimum atomic E-state index is -3.53. The number of rotatable bonds is 5. The normalized spacial score (nSPS) is 20.3. The van der Waals surface area contributed by atoms with Crippen LogP contribution in [0.3, 0.4) is 0 Å². The van der Waals surface area contributed by atoms with Crippen molar-refractivity contribution in [3.8, 4) is 0 Å². The molecule has 2 aromatic rings. The second kappa shape index (κ2) is 5.46. The minimum Gasteiger partial charge on any atom is -0.390 e. The minimum absolute atomic E-state index is 0.0667. The lowest BCUT2D eigenvalue weighted by Gasteiger charge is -2.03. The van der Waals surface area contributed by atoms with E-state index in [1.807, 2.05) is 0 Å². The summed E-state index contributed by atoms with van der Waals surface area (Å²) in [6.07, 6.45) is 4.95. The molecular weight excluding hydrogens is 316 g/mol. The summed E-state index contributed by atoms with van der Waals surface area (Å²) in [4.78, 5) is 13.8. The van der Waals surface area contributed by atoms with E-state index in [0.29, 0.717) is 12.1 Å². The molecule has 1 unspecified atom stereocenters. The van der Waals surface area contributed by atoms with Crippen molar-refractivity contribution in [2.24, 2.45) is 0 Å². The summed E-state index contributed by atoms with van der Waals surface area (Å²) >= 11 is 0. The Morgan fingerprint density at radius 3 is 3.00 bits per heavy atom. The third kappa shape index (κ3) is 2.82. The maximum atomic E-state index is 11.6. The van der Waals surface area contributed by atoms with Gasteiger partial charge in [-0.05, 0) is 11.3 Å². The fourth-order valence-electron chi connectivity index (χ4n) is 2.21. The highest BCUT2D eigenvalue weighted by Crippen LogP contribution is 2.20. The zero-order chi connectivity index (χ0) is 15.7. The third-order valence-corrected chi connectivity index (χ3v) is 4.99. The van der Waals surface area contributed by atoms with E-state index in [1.165, 1.54) is 21.6 Å². The summed E-state index contributed by atoms with van der Waals surface area (Å²) in [5.74, 6) is -0.302. The summed E-state index contributed by atoms with van der Waals surface area (Å²) in [6, 6.07) is 0. The van der Waals surface area contributed by atoms with Crippen molar-refractivity contribution >= 4 is 16.1 Å². The van der Waals surface area contributed by atoms with E-state index in [4.69, 9.17) is 0 Å². The van der Waals surface area contributed by atoms with Gasteiger partial charge in [-0.15, -0.1) is 5.10 Å². The van der Waals surface area contributed by atoms with Gasteiger partial charge in [-0.25, -0.2) is 9.25 Å². The molecule has 0 saturated carbocycles. The molecular formula is C10H12N6O5S. The zero-order valence-corrected chi connectivity index (χ0v) is 12.1. The molecule has 0 radical (unpaired) electrons. The molecule has 0 bridgehead atoms. The summed E-state index contributed by atoms with van der Waals surface area (Å²) in [5.41, 5.74) is 0.488. The molecule has 1 fully saturated rings. The van der Waals surface area contributed by atoms with Crippen LogP contribution >= 0.6 is 0 Å². The second-order valence-electron chi connectivity index (χ2n) is 4.77. The van der Waals surface area contributed by atoms with Gasteiger partial charge in [0.15, 0.2) is 6.67 Å². The first kappa shape index (κ1) is 14.6. The van der Waals surface area contributed by atoms with E-state index in [9.17, 15) is 18.5 Å². The van der Waals surface area contributed by atoms with Crippen LogP contribution in [-0.2, 0) is 27.4 Å². The Balaban J connectivity index is 1.71. The average molecular weight is 328 g/mol. The summed E-state index contributed by atoms with van der Waals surface area (Å²) < 4.78 is 30.5. The standard InChI is InChI=1S/C10H12N6O5S/c17-16(18)10-11-2-3-14(10)7-15-6-8(12-13-15)5-9-1-4-21-22(9,19)20/h2-3,6,9H,1,4-5,7H2. The second-order valence-corrected chi connectivity index (χ2v) is 6.66. The molecule has 22 heavy (non-hydrogen) atoms. The monoisotopic (exact) mass is 328 g/mol. The van der Waals surface area contributed by atoms with Crippen molar-refractivity contribution in [2.75, 3.05) is 6.61 Å². The molecule has 12 heteroatoms. The summed E-state index contributed by atoms with van der Waals surface area (Å²) in [5, 5.41) is 17.9. The average Bonchev–Trinajstić information content (AvgIpc) is 3.13. The molecule has 11 nitrogen and oxygen atoms in total. The molecule has 0 aromatic carbocycles. The molecule has 0 spiro atoms. The van der Waals surface area contributed by atoms with Crippen molar-refractivity contribution in [3.05, 3.63) is 34.4 Å². The zero-order valence-electron chi connectivity index (χ0n) is 11.3. The highest BCUT2D eigenvalue weighted by Gasteiger charge is 2.33. The van der Waals surface area contributed by atoms with E-state index < -0.39 is 20.3 Å². The van der Waals surface area contributed by atoms with Crippen LogP contribution in [0.4, 0.5) is 5.95 Å². The van der Waals surface area contributed by atoms with Gasteiger partial charge in [-0.3, -0.25) is 4.18 Å². The van der Waals surface area contributed by atoms with Gasteiger partial charge >= 0.3 is 5.95 Å². The van der Waals surface area contributed by atoms with Crippen molar-refractivity contribution < 1.29 is 17.5 Å². The molecule has 1 saturated heterocycles. The van der Waals surface area contributed by atoms with E-state index in [-0.39, 0.29) is 25.6 Å². The molecule has 118 valence electrons. The van der Waals surface area contributed by atoms with E-state index in [0.717, 1.165) is 0 Å². The van der Waals surface area contributed by atoms with Crippen LogP contribution in [-0.4, -0.2) is 49.7 Å². The highest BCUT2D eigenvalue weighted by atomic mass is 32.2. The van der Waals surface area contributed by atoms with Crippen LogP contribution in [0.2, 0.25) is 0 Å². The van der Waals surface area contributed by atoms with E-state index in [1.54, 1.807) is 6.20 Å². The van der Waals surface area contributed by atoms with Crippen LogP contribution in [0.5, 0.6) is 0 Å². The van der Waals surface area contributed by atoms with Crippen molar-refractivity contribution in [1.29, 1.82) is 0 Å². The van der Waals surface area contributed by atoms with E-state index >= 15 is 0 Å². The Kier molecular flexibility index (Phi) is 3.62. The first-order chi connectivity index (χ1) is 10.5. The van der Waals surface area contributed by atoms with Crippen LogP contribution in [0.25, 0.3) is 0 Å². The number of hydrogen-bond donors (Lipinski definition) is 0. The molecule has 2 aromatic heterocycles. The van der Waals surface area contributed by atoms with Gasteiger partial charge in [0.2, 0.25) is 0 Å². The SMILES string of the molecule is O=[N+]([O-])c1nccn1Cn1cc(CC2CCOS2(=O)=O)nn1. The van der Waals surface area contributed by atoms with Crippen LogP contribution < -0.4 is 0 Å². The van der Waals surface area contributed by atoms with Crippen molar-refractivity contribution in [3.63, 3.8) is 0 Å². The van der Waals surface area contributed by atoms with Crippen LogP contribution in [0.1, 0.15) is 12.1 Å². The molecule has 1 aliphatic rings. The Bertz CT molecular complexity index is 796. The van der Waals surface area contributed by atoms with Gasteiger partial charge in [0, 0.05) is 6.42 Å². The smallest absolute Gasteiger partial charge is 0.390 e. The van der Waals surface area contributed by atoms with Crippen LogP contribution in [0.15, 0.2) is 18.6 Å². The quantitative estimate of drug-likeness (QED) is 0.409. The number of nitro groups is 1. The Morgan fingerprint density at radius 1 is 1.50 bits per heavy atom. The van der Waals surface area contributed by atoms with E-state index in [2.05, 4.69) is 19.5 Å². The maximum Gasteiger partial charge on any atom is 0.436 e. The van der Waals surface area contributed by atoms with Gasteiger partial charge in [0.25, 0.3) is 10.1 Å². The number of nitrogens with zero attached hydrogens (tertiary/aromatic N) is 6. The topological polar surface area (TPSA) is 135 Å². The summed E-state index contributed by atoms with van der Waals surface area (Å²) in [6.45, 7) is 0.250. The fourth-order valence-corrected chi connectivity index (χ4v) is 3.50. The molecule has 0 amide bonds. The Labute approximate surface area is 124 Å². The highest BCUT2D eigenvalue weighted by molar-refractivity contribution is 7.87. The van der Waals surface area contributed by atoms with Crippen molar-refractivity contribution in [1.82, 2.24) is 24.5 Å². The number of imidazole rings is 1. The van der Waals surface area contributed by atoms with Gasteiger partial charge in [0.05, 0.1) is 23.7 Å². The van der Waals surface area contributed by atoms with Gasteiger partial charge in [-0.2, -0.15) is 8.42 Å². The lowest BCUT2D eigenvalue weighted by atomic mass is 10.2. The largest absolute Gasteiger partial charge is 0.436 e. The first-order valence-corrected chi connectivity index (χ1v) is 7.85. The lowest BCUT2D eigenvalue weighted by molar-refractivity contribution is -0.396. The maximum absolute atomic E-state index is 11.6. The fraction of sp³-hybridized carbons (Fsp3) is 0.500. The Hall–Kier alpha value is -2.34. The molecule has 0 N–H and O–H groups in total. The molecule has 1 atom stereocenters. The third-order valence-electron chi connectivity index (χ3n) is 3.27. The molecule has 3 heterocycles. The predicted molar refractivity (Wildman–Crippen MR) is 71.3 cm³/mol. The summed E-state index contributed by atoms with van der Waals surface area (Å²) in [7, 11) is -3.53. The van der Waals surface area contributed by atoms with Gasteiger partial charge < -0.3 is 10.1 Å². The first-order valence-electron chi connectivity index (χ1n) is 6.38. The van der Waals surface area contributed by atoms with Gasteiger partial charge in [-0.1, -0.05) is 10.2 Å². The number of hydrogen-bond acceptors (Lipinski definition) is 8. The van der Waals surface area contributed by atoms with Crippen LogP contribution in [0, 0.1) is 10.1 Å². The number of aromatic nitrogens is 5.